The van der Waals surface area contributed by atoms with Gasteiger partial charge in [-0.3, -0.25) is 16.0 Å². The average molecular weight is 317 g/mol. The van der Waals surface area contributed by atoms with E-state index >= 15 is 0 Å². The number of likely N-dealkylation sites (N-methyl/N-ethyl adjacent to an activating group) is 1. The molecule has 1 aromatic rings. The lowest BCUT2D eigenvalue weighted by Gasteiger charge is -2.20. The smallest absolute Gasteiger partial charge is 0.293 e. The molecule has 0 aliphatic heterocycles. The van der Waals surface area contributed by atoms with E-state index in [1.165, 1.54) is 6.07 Å². The summed E-state index contributed by atoms with van der Waals surface area (Å²) >= 11 is 0. The minimum Gasteiger partial charge on any atom is -0.318 e. The maximum Gasteiger partial charge on any atom is 0.293 e. The molecule has 0 aliphatic carbocycles. The van der Waals surface area contributed by atoms with Gasteiger partial charge in [0, 0.05) is 18.7 Å². The largest absolute Gasteiger partial charge is 0.318 e. The van der Waals surface area contributed by atoms with Crippen molar-refractivity contribution >= 4 is 21.4 Å². The molecule has 0 heterocycles. The second-order valence-electron chi connectivity index (χ2n) is 4.74. The number of nitrogens with zero attached hydrogens (tertiary/aromatic N) is 2. The van der Waals surface area contributed by atoms with Crippen LogP contribution in [-0.2, 0) is 10.0 Å². The van der Waals surface area contributed by atoms with Gasteiger partial charge in [0.05, 0.1) is 9.82 Å². The predicted octanol–water partition coefficient (Wildman–Crippen LogP) is 0.109. The molecule has 0 aromatic heterocycles. The van der Waals surface area contributed by atoms with Gasteiger partial charge in [-0.15, -0.1) is 0 Å². The van der Waals surface area contributed by atoms with E-state index in [9.17, 15) is 18.5 Å². The number of nitrogen functional groups attached to an aromatic ring is 1. The van der Waals surface area contributed by atoms with Crippen molar-refractivity contribution in [3.05, 3.63) is 28.3 Å². The average Bonchev–Trinajstić information content (AvgIpc) is 2.43. The van der Waals surface area contributed by atoms with Crippen LogP contribution in [0.5, 0.6) is 0 Å². The molecule has 0 amide bonds. The van der Waals surface area contributed by atoms with Gasteiger partial charge >= 0.3 is 0 Å². The number of nitrogens with two attached hydrogens (primary N) is 1. The molecule has 21 heavy (non-hydrogen) atoms. The first-order valence-corrected chi connectivity index (χ1v) is 7.58. The summed E-state index contributed by atoms with van der Waals surface area (Å²) in [7, 11) is -0.0895. The van der Waals surface area contributed by atoms with E-state index in [2.05, 4.69) is 10.1 Å². The van der Waals surface area contributed by atoms with Crippen LogP contribution in [0.2, 0.25) is 0 Å². The van der Waals surface area contributed by atoms with E-state index in [1.807, 2.05) is 25.9 Å². The summed E-state index contributed by atoms with van der Waals surface area (Å²) in [4.78, 5) is 11.9. The van der Waals surface area contributed by atoms with Gasteiger partial charge in [-0.25, -0.2) is 13.1 Å². The third-order valence-electron chi connectivity index (χ3n) is 3.08. The van der Waals surface area contributed by atoms with Crippen LogP contribution in [0.3, 0.4) is 0 Å². The Morgan fingerprint density at radius 2 is 2.05 bits per heavy atom. The van der Waals surface area contributed by atoms with Gasteiger partial charge in [0.2, 0.25) is 10.0 Å². The number of hydrogen-bond acceptors (Lipinski definition) is 7. The molecule has 0 radical (unpaired) electrons. The van der Waals surface area contributed by atoms with Crippen LogP contribution in [-0.4, -0.2) is 44.9 Å². The fourth-order valence-corrected chi connectivity index (χ4v) is 2.60. The maximum atomic E-state index is 12.1. The molecule has 0 bridgehead atoms. The minimum atomic E-state index is -3.76. The standard InChI is InChI=1S/C11H19N5O4S/c1-8(15(2)3)7-13-21(19,20)9-4-5-11(16(17)18)10(6-9)14-12/h4-6,8,13-14H,7,12H2,1-3H3. The molecule has 118 valence electrons. The van der Waals surface area contributed by atoms with Crippen LogP contribution in [0.15, 0.2) is 23.1 Å². The predicted molar refractivity (Wildman–Crippen MR) is 79.2 cm³/mol. The van der Waals surface area contributed by atoms with Crippen molar-refractivity contribution in [1.29, 1.82) is 0 Å². The number of anilines is 1. The van der Waals surface area contributed by atoms with Gasteiger partial charge in [0.25, 0.3) is 5.69 Å². The van der Waals surface area contributed by atoms with Crippen LogP contribution in [0, 0.1) is 10.1 Å². The second-order valence-corrected chi connectivity index (χ2v) is 6.51. The normalized spacial score (nSPS) is 13.2. The molecule has 9 nitrogen and oxygen atoms in total. The number of nitrogens with one attached hydrogen (secondary N) is 2. The number of nitro benzene ring substituents is 1. The fraction of sp³-hybridized carbons (Fsp3) is 0.455. The number of nitro groups is 1. The molecule has 10 heteroatoms. The maximum absolute atomic E-state index is 12.1. The highest BCUT2D eigenvalue weighted by Gasteiger charge is 2.20. The van der Waals surface area contributed by atoms with Gasteiger partial charge in [-0.1, -0.05) is 0 Å². The van der Waals surface area contributed by atoms with Crippen LogP contribution in [0.4, 0.5) is 11.4 Å². The Balaban J connectivity index is 3.01. The van der Waals surface area contributed by atoms with Gasteiger partial charge in [-0.05, 0) is 33.2 Å². The van der Waals surface area contributed by atoms with Crippen molar-refractivity contribution in [2.45, 2.75) is 17.9 Å². The Labute approximate surface area is 123 Å². The molecule has 0 spiro atoms. The Morgan fingerprint density at radius 1 is 1.43 bits per heavy atom. The van der Waals surface area contributed by atoms with Crippen LogP contribution in [0.25, 0.3) is 0 Å². The lowest BCUT2D eigenvalue weighted by molar-refractivity contribution is -0.384. The van der Waals surface area contributed by atoms with Crippen LogP contribution < -0.4 is 16.0 Å². The van der Waals surface area contributed by atoms with E-state index in [1.54, 1.807) is 0 Å². The van der Waals surface area contributed by atoms with E-state index in [4.69, 9.17) is 5.84 Å². The summed E-state index contributed by atoms with van der Waals surface area (Å²) in [5.41, 5.74) is 1.77. The van der Waals surface area contributed by atoms with Gasteiger partial charge in [-0.2, -0.15) is 0 Å². The summed E-state index contributed by atoms with van der Waals surface area (Å²) in [6.07, 6.45) is 0. The molecule has 1 atom stereocenters. The summed E-state index contributed by atoms with van der Waals surface area (Å²) in [5, 5.41) is 10.8. The Kier molecular flexibility index (Phi) is 5.61. The molecule has 1 rings (SSSR count). The second kappa shape index (κ2) is 6.80. The molecule has 0 aliphatic rings. The zero-order valence-electron chi connectivity index (χ0n) is 12.0. The monoisotopic (exact) mass is 317 g/mol. The zero-order valence-corrected chi connectivity index (χ0v) is 12.8. The Morgan fingerprint density at radius 3 is 2.52 bits per heavy atom. The highest BCUT2D eigenvalue weighted by molar-refractivity contribution is 7.89. The number of hydrogen-bond donors (Lipinski definition) is 3. The number of rotatable bonds is 7. The van der Waals surface area contributed by atoms with Crippen molar-refractivity contribution in [1.82, 2.24) is 9.62 Å². The molecule has 0 saturated heterocycles. The molecule has 0 saturated carbocycles. The third-order valence-corrected chi connectivity index (χ3v) is 4.50. The van der Waals surface area contributed by atoms with E-state index in [0.29, 0.717) is 0 Å². The van der Waals surface area contributed by atoms with Crippen molar-refractivity contribution in [2.24, 2.45) is 5.84 Å². The molecule has 1 unspecified atom stereocenters. The minimum absolute atomic E-state index is 0.00456. The first-order valence-electron chi connectivity index (χ1n) is 6.10. The summed E-state index contributed by atoms with van der Waals surface area (Å²) in [6, 6.07) is 3.39. The molecule has 4 N–H and O–H groups in total. The topological polar surface area (TPSA) is 131 Å². The Hall–Kier alpha value is -1.75. The molecular formula is C11H19N5O4S. The number of hydrazine groups is 1. The first-order chi connectivity index (χ1) is 9.69. The summed E-state index contributed by atoms with van der Waals surface area (Å²) in [5.74, 6) is 5.19. The third kappa shape index (κ3) is 4.36. The summed E-state index contributed by atoms with van der Waals surface area (Å²) < 4.78 is 26.7. The zero-order chi connectivity index (χ0) is 16.2. The number of sulfonamides is 1. The SMILES string of the molecule is CC(CNS(=O)(=O)c1ccc([N+](=O)[O-])c(NN)c1)N(C)C. The van der Waals surface area contributed by atoms with Crippen molar-refractivity contribution < 1.29 is 13.3 Å². The number of benzene rings is 1. The summed E-state index contributed by atoms with van der Waals surface area (Å²) in [6.45, 7) is 2.09. The van der Waals surface area contributed by atoms with Crippen molar-refractivity contribution in [3.63, 3.8) is 0 Å². The quantitative estimate of drug-likeness (QED) is 0.369. The van der Waals surface area contributed by atoms with Gasteiger partial charge in [0.15, 0.2) is 0 Å². The van der Waals surface area contributed by atoms with Gasteiger partial charge in [0.1, 0.15) is 5.69 Å². The first kappa shape index (κ1) is 17.3. The van der Waals surface area contributed by atoms with Crippen molar-refractivity contribution in [3.8, 4) is 0 Å². The van der Waals surface area contributed by atoms with E-state index in [-0.39, 0.29) is 28.9 Å². The molecule has 0 fully saturated rings. The van der Waals surface area contributed by atoms with Crippen LogP contribution in [0.1, 0.15) is 6.92 Å². The van der Waals surface area contributed by atoms with Gasteiger partial charge < -0.3 is 10.3 Å². The van der Waals surface area contributed by atoms with E-state index in [0.717, 1.165) is 12.1 Å². The highest BCUT2D eigenvalue weighted by atomic mass is 32.2. The molecule has 1 aromatic carbocycles. The lowest BCUT2D eigenvalue weighted by Crippen LogP contribution is -2.38. The fourth-order valence-electron chi connectivity index (χ4n) is 1.45. The lowest BCUT2D eigenvalue weighted by atomic mass is 10.3. The highest BCUT2D eigenvalue weighted by Crippen LogP contribution is 2.26. The Bertz CT molecular complexity index is 617. The van der Waals surface area contributed by atoms with Crippen LogP contribution >= 0.6 is 0 Å². The van der Waals surface area contributed by atoms with E-state index < -0.39 is 14.9 Å². The van der Waals surface area contributed by atoms with Crippen molar-refractivity contribution in [2.75, 3.05) is 26.1 Å². The molecular weight excluding hydrogens is 298 g/mol.